The monoisotopic (exact) mass is 465 g/mol. The third kappa shape index (κ3) is 6.35. The molecule has 0 fully saturated rings. The lowest BCUT2D eigenvalue weighted by atomic mass is 10.2. The molecule has 0 aliphatic heterocycles. The van der Waals surface area contributed by atoms with Gasteiger partial charge in [-0.1, -0.05) is 48.5 Å². The molecule has 9 heteroatoms. The number of aromatic amines is 1. The molecule has 3 rings (SSSR count). The predicted octanol–water partition coefficient (Wildman–Crippen LogP) is 1.92. The molecule has 0 spiro atoms. The first-order valence-electron chi connectivity index (χ1n) is 11.2. The number of anilines is 2. The fraction of sp³-hybridized carbons (Fsp3) is 0.320. The zero-order chi connectivity index (χ0) is 24.5. The second-order valence-corrected chi connectivity index (χ2v) is 7.96. The van der Waals surface area contributed by atoms with E-state index in [-0.39, 0.29) is 37.0 Å². The second kappa shape index (κ2) is 11.9. The zero-order valence-corrected chi connectivity index (χ0v) is 19.6. The van der Waals surface area contributed by atoms with E-state index >= 15 is 0 Å². The fourth-order valence-corrected chi connectivity index (χ4v) is 3.66. The average molecular weight is 466 g/mol. The summed E-state index contributed by atoms with van der Waals surface area (Å²) < 4.78 is 6.96. The van der Waals surface area contributed by atoms with Crippen molar-refractivity contribution in [1.82, 2.24) is 14.5 Å². The summed E-state index contributed by atoms with van der Waals surface area (Å²) in [5.41, 5.74) is 5.79. The van der Waals surface area contributed by atoms with E-state index in [2.05, 4.69) is 4.98 Å². The van der Waals surface area contributed by atoms with Gasteiger partial charge in [-0.3, -0.25) is 24.0 Å². The van der Waals surface area contributed by atoms with Gasteiger partial charge in [-0.2, -0.15) is 0 Å². The Balaban J connectivity index is 1.67. The van der Waals surface area contributed by atoms with Crippen LogP contribution in [0.15, 0.2) is 70.3 Å². The number of nitrogens with one attached hydrogen (secondary N) is 1. The van der Waals surface area contributed by atoms with Gasteiger partial charge in [0, 0.05) is 13.1 Å². The molecule has 0 radical (unpaired) electrons. The van der Waals surface area contributed by atoms with Crippen molar-refractivity contribution >= 4 is 17.4 Å². The minimum Gasteiger partial charge on any atom is -0.494 e. The van der Waals surface area contributed by atoms with Gasteiger partial charge in [0.05, 0.1) is 19.7 Å². The minimum absolute atomic E-state index is 0.0103. The van der Waals surface area contributed by atoms with Gasteiger partial charge in [-0.05, 0) is 38.1 Å². The third-order valence-electron chi connectivity index (χ3n) is 5.39. The molecule has 0 unspecified atom stereocenters. The maximum Gasteiger partial charge on any atom is 0.330 e. The van der Waals surface area contributed by atoms with E-state index < -0.39 is 11.2 Å². The van der Waals surface area contributed by atoms with Crippen molar-refractivity contribution in [2.24, 2.45) is 0 Å². The van der Waals surface area contributed by atoms with Crippen molar-refractivity contribution in [2.45, 2.75) is 19.9 Å². The largest absolute Gasteiger partial charge is 0.494 e. The van der Waals surface area contributed by atoms with Crippen LogP contribution in [0.3, 0.4) is 0 Å². The first kappa shape index (κ1) is 24.8. The first-order valence-corrected chi connectivity index (χ1v) is 11.2. The number of hydrogen-bond donors (Lipinski definition) is 2. The van der Waals surface area contributed by atoms with Gasteiger partial charge in [-0.15, -0.1) is 0 Å². The number of nitrogens with two attached hydrogens (primary N) is 1. The van der Waals surface area contributed by atoms with Crippen LogP contribution in [0.1, 0.15) is 18.9 Å². The summed E-state index contributed by atoms with van der Waals surface area (Å²) >= 11 is 0. The van der Waals surface area contributed by atoms with Crippen LogP contribution in [-0.4, -0.2) is 53.6 Å². The summed E-state index contributed by atoms with van der Waals surface area (Å²) in [5.74, 6) is 0.488. The Labute approximate surface area is 198 Å². The van der Waals surface area contributed by atoms with Crippen molar-refractivity contribution < 1.29 is 9.53 Å². The van der Waals surface area contributed by atoms with Gasteiger partial charge < -0.3 is 15.4 Å². The Bertz CT molecular complexity index is 1190. The van der Waals surface area contributed by atoms with Crippen LogP contribution in [0.4, 0.5) is 11.5 Å². The van der Waals surface area contributed by atoms with Crippen LogP contribution in [0.2, 0.25) is 0 Å². The van der Waals surface area contributed by atoms with E-state index in [1.54, 1.807) is 6.92 Å². The van der Waals surface area contributed by atoms with E-state index in [1.165, 1.54) is 9.47 Å². The number of para-hydroxylation sites is 1. The van der Waals surface area contributed by atoms with Gasteiger partial charge in [-0.25, -0.2) is 4.79 Å². The summed E-state index contributed by atoms with van der Waals surface area (Å²) in [6.07, 6.45) is 0.732. The SMILES string of the molecule is CCN(C(=O)CN(C)CCCOc1ccccc1)c1c(N)n(Cc2ccccc2)c(=O)[nH]c1=O. The van der Waals surface area contributed by atoms with Gasteiger partial charge in [0.15, 0.2) is 5.69 Å². The molecule has 0 aliphatic rings. The lowest BCUT2D eigenvalue weighted by Crippen LogP contribution is -2.44. The number of hydrogen-bond acceptors (Lipinski definition) is 6. The molecular formula is C25H31N5O4. The number of carbonyl (C=O) groups excluding carboxylic acids is 1. The highest BCUT2D eigenvalue weighted by Crippen LogP contribution is 2.18. The molecule has 3 N–H and O–H groups in total. The molecule has 2 aromatic carbocycles. The molecule has 180 valence electrons. The van der Waals surface area contributed by atoms with Crippen LogP contribution in [0.25, 0.3) is 0 Å². The van der Waals surface area contributed by atoms with E-state index in [4.69, 9.17) is 10.5 Å². The summed E-state index contributed by atoms with van der Waals surface area (Å²) in [5, 5.41) is 0. The standard InChI is InChI=1S/C25H31N5O4/c1-3-29(21(31)18-28(2)15-10-16-34-20-13-8-5-9-14-20)22-23(26)30(25(33)27-24(22)32)17-19-11-6-4-7-12-19/h4-9,11-14H,3,10,15-18,26H2,1-2H3,(H,27,32,33). The lowest BCUT2D eigenvalue weighted by Gasteiger charge is -2.25. The number of carbonyl (C=O) groups is 1. The maximum atomic E-state index is 13.1. The molecule has 1 aromatic heterocycles. The Morgan fingerprint density at radius 2 is 1.71 bits per heavy atom. The van der Waals surface area contributed by atoms with E-state index in [9.17, 15) is 14.4 Å². The highest BCUT2D eigenvalue weighted by atomic mass is 16.5. The second-order valence-electron chi connectivity index (χ2n) is 7.96. The normalized spacial score (nSPS) is 10.9. The Kier molecular flexibility index (Phi) is 8.64. The van der Waals surface area contributed by atoms with Crippen molar-refractivity contribution in [3.8, 4) is 5.75 Å². The summed E-state index contributed by atoms with van der Waals surface area (Å²) in [4.78, 5) is 43.6. The molecule has 1 amide bonds. The Hall–Kier alpha value is -3.85. The minimum atomic E-state index is -0.680. The number of H-pyrrole nitrogens is 1. The van der Waals surface area contributed by atoms with Crippen LogP contribution in [-0.2, 0) is 11.3 Å². The van der Waals surface area contributed by atoms with Gasteiger partial charge in [0.2, 0.25) is 5.91 Å². The van der Waals surface area contributed by atoms with Crippen molar-refractivity contribution in [3.05, 3.63) is 87.1 Å². The van der Waals surface area contributed by atoms with E-state index in [0.717, 1.165) is 17.7 Å². The highest BCUT2D eigenvalue weighted by Gasteiger charge is 2.23. The van der Waals surface area contributed by atoms with Crippen molar-refractivity contribution in [3.63, 3.8) is 0 Å². The number of amides is 1. The van der Waals surface area contributed by atoms with Crippen LogP contribution in [0, 0.1) is 0 Å². The molecule has 3 aromatic rings. The van der Waals surface area contributed by atoms with Gasteiger partial charge >= 0.3 is 5.69 Å². The highest BCUT2D eigenvalue weighted by molar-refractivity contribution is 5.96. The van der Waals surface area contributed by atoms with Crippen molar-refractivity contribution in [2.75, 3.05) is 43.9 Å². The molecule has 9 nitrogen and oxygen atoms in total. The third-order valence-corrected chi connectivity index (χ3v) is 5.39. The van der Waals surface area contributed by atoms with Crippen molar-refractivity contribution in [1.29, 1.82) is 0 Å². The predicted molar refractivity (Wildman–Crippen MR) is 133 cm³/mol. The van der Waals surface area contributed by atoms with E-state index in [1.807, 2.05) is 72.6 Å². The van der Waals surface area contributed by atoms with Gasteiger partial charge in [0.25, 0.3) is 5.56 Å². The number of benzene rings is 2. The summed E-state index contributed by atoms with van der Waals surface area (Å²) in [6, 6.07) is 18.8. The number of aromatic nitrogens is 2. The number of nitrogen functional groups attached to an aromatic ring is 1. The number of nitrogens with zero attached hydrogens (tertiary/aromatic N) is 3. The molecule has 34 heavy (non-hydrogen) atoms. The molecule has 0 aliphatic carbocycles. The quantitative estimate of drug-likeness (QED) is 0.418. The Morgan fingerprint density at radius 1 is 1.06 bits per heavy atom. The number of rotatable bonds is 11. The van der Waals surface area contributed by atoms with Gasteiger partial charge in [0.1, 0.15) is 11.6 Å². The lowest BCUT2D eigenvalue weighted by molar-refractivity contribution is -0.119. The van der Waals surface area contributed by atoms with Crippen LogP contribution >= 0.6 is 0 Å². The van der Waals surface area contributed by atoms with Crippen LogP contribution < -0.4 is 26.6 Å². The molecule has 0 saturated carbocycles. The zero-order valence-electron chi connectivity index (χ0n) is 19.6. The molecule has 0 bridgehead atoms. The molecule has 0 saturated heterocycles. The summed E-state index contributed by atoms with van der Waals surface area (Å²) in [6.45, 7) is 3.43. The Morgan fingerprint density at radius 3 is 2.35 bits per heavy atom. The van der Waals surface area contributed by atoms with Crippen LogP contribution in [0.5, 0.6) is 5.75 Å². The number of ether oxygens (including phenoxy) is 1. The average Bonchev–Trinajstić information content (AvgIpc) is 2.83. The molecular weight excluding hydrogens is 434 g/mol. The molecule has 1 heterocycles. The first-order chi connectivity index (χ1) is 16.4. The maximum absolute atomic E-state index is 13.1. The topological polar surface area (TPSA) is 114 Å². The molecule has 0 atom stereocenters. The van der Waals surface area contributed by atoms with E-state index in [0.29, 0.717) is 13.2 Å². The number of likely N-dealkylation sites (N-methyl/N-ethyl adjacent to an activating group) is 2. The summed E-state index contributed by atoms with van der Waals surface area (Å²) in [7, 11) is 1.83. The fourth-order valence-electron chi connectivity index (χ4n) is 3.66. The smallest absolute Gasteiger partial charge is 0.330 e.